The average molecular weight is 315 g/mol. The van der Waals surface area contributed by atoms with Crippen molar-refractivity contribution in [1.82, 2.24) is 4.90 Å². The van der Waals surface area contributed by atoms with Crippen molar-refractivity contribution in [1.29, 1.82) is 0 Å². The van der Waals surface area contributed by atoms with Gasteiger partial charge in [-0.05, 0) is 43.5 Å². The maximum atomic E-state index is 12.9. The Labute approximate surface area is 129 Å². The summed E-state index contributed by atoms with van der Waals surface area (Å²) >= 11 is 5.90. The van der Waals surface area contributed by atoms with Crippen LogP contribution in [0.1, 0.15) is 19.3 Å². The highest BCUT2D eigenvalue weighted by atomic mass is 35.5. The Balaban J connectivity index is 1.76. The smallest absolute Gasteiger partial charge is 0.217 e. The van der Waals surface area contributed by atoms with Crippen LogP contribution in [0, 0.1) is 11.7 Å². The molecule has 6 heteroatoms. The van der Waals surface area contributed by atoms with Gasteiger partial charge in [-0.25, -0.2) is 4.39 Å². The van der Waals surface area contributed by atoms with E-state index in [2.05, 4.69) is 4.90 Å². The highest BCUT2D eigenvalue weighted by Crippen LogP contribution is 2.25. The predicted molar refractivity (Wildman–Crippen MR) is 79.9 cm³/mol. The van der Waals surface area contributed by atoms with Crippen molar-refractivity contribution in [2.75, 3.05) is 26.2 Å². The summed E-state index contributed by atoms with van der Waals surface area (Å²) in [5.41, 5.74) is 5.25. The number of piperidine rings is 1. The number of benzene rings is 1. The number of primary amides is 1. The number of ether oxygens (including phenoxy) is 1. The number of likely N-dealkylation sites (tertiary alicyclic amines) is 1. The van der Waals surface area contributed by atoms with Gasteiger partial charge in [0.15, 0.2) is 0 Å². The summed E-state index contributed by atoms with van der Waals surface area (Å²) in [6, 6.07) is 4.09. The summed E-state index contributed by atoms with van der Waals surface area (Å²) < 4.78 is 18.5. The number of rotatable bonds is 6. The minimum absolute atomic E-state index is 0.240. The molecule has 2 N–H and O–H groups in total. The lowest BCUT2D eigenvalue weighted by Crippen LogP contribution is -2.39. The second-order valence-corrected chi connectivity index (χ2v) is 5.81. The number of hydrogen-bond donors (Lipinski definition) is 1. The molecule has 0 saturated carbocycles. The molecule has 0 aliphatic carbocycles. The molecule has 0 aromatic heterocycles. The fourth-order valence-electron chi connectivity index (χ4n) is 2.68. The highest BCUT2D eigenvalue weighted by molar-refractivity contribution is 6.32. The van der Waals surface area contributed by atoms with Crippen molar-refractivity contribution in [3.63, 3.8) is 0 Å². The largest absolute Gasteiger partial charge is 0.491 e. The highest BCUT2D eigenvalue weighted by Gasteiger charge is 2.21. The molecule has 1 fully saturated rings. The van der Waals surface area contributed by atoms with Gasteiger partial charge in [-0.15, -0.1) is 0 Å². The molecule has 21 heavy (non-hydrogen) atoms. The van der Waals surface area contributed by atoms with Crippen molar-refractivity contribution in [2.45, 2.75) is 19.3 Å². The van der Waals surface area contributed by atoms with Gasteiger partial charge in [0.25, 0.3) is 0 Å². The zero-order valence-electron chi connectivity index (χ0n) is 11.9. The Hall–Kier alpha value is -1.33. The van der Waals surface area contributed by atoms with Gasteiger partial charge in [-0.3, -0.25) is 9.69 Å². The van der Waals surface area contributed by atoms with E-state index in [1.165, 1.54) is 18.2 Å². The first-order valence-corrected chi connectivity index (χ1v) is 7.51. The molecule has 0 spiro atoms. The van der Waals surface area contributed by atoms with Crippen molar-refractivity contribution >= 4 is 17.5 Å². The van der Waals surface area contributed by atoms with Crippen LogP contribution in [0.15, 0.2) is 18.2 Å². The van der Waals surface area contributed by atoms with Gasteiger partial charge in [-0.2, -0.15) is 0 Å². The van der Waals surface area contributed by atoms with E-state index in [1.807, 2.05) is 0 Å². The number of carbonyl (C=O) groups is 1. The summed E-state index contributed by atoms with van der Waals surface area (Å²) in [5.74, 6) is 0.211. The van der Waals surface area contributed by atoms with Crippen molar-refractivity contribution in [2.24, 2.45) is 11.7 Å². The Morgan fingerprint density at radius 3 is 3.05 bits per heavy atom. The SMILES string of the molecule is NC(=O)C[C@@H]1CCCN(CCOc2ccc(F)cc2Cl)C1. The third-order valence-electron chi connectivity index (χ3n) is 3.65. The molecule has 1 atom stereocenters. The summed E-state index contributed by atoms with van der Waals surface area (Å²) in [4.78, 5) is 13.2. The van der Waals surface area contributed by atoms with Crippen LogP contribution in [0.3, 0.4) is 0 Å². The summed E-state index contributed by atoms with van der Waals surface area (Å²) in [6.07, 6.45) is 2.56. The van der Waals surface area contributed by atoms with E-state index >= 15 is 0 Å². The van der Waals surface area contributed by atoms with Gasteiger partial charge in [-0.1, -0.05) is 11.6 Å². The third kappa shape index (κ3) is 5.17. The molecule has 1 aromatic rings. The van der Waals surface area contributed by atoms with Crippen molar-refractivity contribution in [3.05, 3.63) is 29.0 Å². The molecule has 1 aliphatic heterocycles. The maximum absolute atomic E-state index is 12.9. The van der Waals surface area contributed by atoms with Crippen molar-refractivity contribution < 1.29 is 13.9 Å². The molecule has 2 rings (SSSR count). The lowest BCUT2D eigenvalue weighted by atomic mass is 9.94. The molecule has 1 saturated heterocycles. The maximum Gasteiger partial charge on any atom is 0.217 e. The Bertz CT molecular complexity index is 499. The van der Waals surface area contributed by atoms with Gasteiger partial charge >= 0.3 is 0 Å². The fourth-order valence-corrected chi connectivity index (χ4v) is 2.90. The summed E-state index contributed by atoms with van der Waals surface area (Å²) in [5, 5.41) is 0.278. The first-order valence-electron chi connectivity index (χ1n) is 7.13. The number of hydrogen-bond acceptors (Lipinski definition) is 3. The monoisotopic (exact) mass is 314 g/mol. The molecule has 0 bridgehead atoms. The average Bonchev–Trinajstić information content (AvgIpc) is 2.41. The number of amides is 1. The molecule has 1 aromatic carbocycles. The molecule has 1 heterocycles. The molecule has 1 amide bonds. The summed E-state index contributed by atoms with van der Waals surface area (Å²) in [6.45, 7) is 3.09. The minimum Gasteiger partial charge on any atom is -0.491 e. The van der Waals surface area contributed by atoms with E-state index in [9.17, 15) is 9.18 Å². The van der Waals surface area contributed by atoms with E-state index in [0.29, 0.717) is 24.7 Å². The van der Waals surface area contributed by atoms with E-state index in [1.54, 1.807) is 0 Å². The Morgan fingerprint density at radius 2 is 2.33 bits per heavy atom. The van der Waals surface area contributed by atoms with Crippen LogP contribution < -0.4 is 10.5 Å². The van der Waals surface area contributed by atoms with Crippen LogP contribution in [0.25, 0.3) is 0 Å². The number of carbonyl (C=O) groups excluding carboxylic acids is 1. The van der Waals surface area contributed by atoms with Crippen LogP contribution in [0.2, 0.25) is 5.02 Å². The third-order valence-corrected chi connectivity index (χ3v) is 3.95. The van der Waals surface area contributed by atoms with E-state index in [4.69, 9.17) is 22.1 Å². The van der Waals surface area contributed by atoms with Crippen molar-refractivity contribution in [3.8, 4) is 5.75 Å². The van der Waals surface area contributed by atoms with E-state index < -0.39 is 0 Å². The normalized spacial score (nSPS) is 19.4. The standard InChI is InChI=1S/C15H20ClFN2O2/c16-13-9-12(17)3-4-14(13)21-7-6-19-5-1-2-11(10-19)8-15(18)20/h3-4,9,11H,1-2,5-8,10H2,(H2,18,20)/t11-/m0/s1. The first kappa shape index (κ1) is 16.0. The first-order chi connectivity index (χ1) is 10.0. The summed E-state index contributed by atoms with van der Waals surface area (Å²) in [7, 11) is 0. The molecule has 1 aliphatic rings. The van der Waals surface area contributed by atoms with Gasteiger partial charge in [0.2, 0.25) is 5.91 Å². The quantitative estimate of drug-likeness (QED) is 0.877. The van der Waals surface area contributed by atoms with Crippen LogP contribution in [0.4, 0.5) is 4.39 Å². The molecule has 0 unspecified atom stereocenters. The predicted octanol–water partition coefficient (Wildman–Crippen LogP) is 2.45. The number of halogens is 2. The fraction of sp³-hybridized carbons (Fsp3) is 0.533. The number of nitrogens with zero attached hydrogens (tertiary/aromatic N) is 1. The van der Waals surface area contributed by atoms with Gasteiger partial charge in [0, 0.05) is 19.5 Å². The van der Waals surface area contributed by atoms with Crippen LogP contribution >= 0.6 is 11.6 Å². The lowest BCUT2D eigenvalue weighted by molar-refractivity contribution is -0.119. The van der Waals surface area contributed by atoms with Gasteiger partial charge in [0.05, 0.1) is 5.02 Å². The molecule has 4 nitrogen and oxygen atoms in total. The molecular formula is C15H20ClFN2O2. The zero-order valence-corrected chi connectivity index (χ0v) is 12.6. The second-order valence-electron chi connectivity index (χ2n) is 5.40. The van der Waals surface area contributed by atoms with E-state index in [0.717, 1.165) is 32.5 Å². The second kappa shape index (κ2) is 7.61. The minimum atomic E-state index is -0.377. The van der Waals surface area contributed by atoms with Gasteiger partial charge < -0.3 is 10.5 Å². The van der Waals surface area contributed by atoms with Crippen LogP contribution in [-0.2, 0) is 4.79 Å². The van der Waals surface area contributed by atoms with Gasteiger partial charge in [0.1, 0.15) is 18.2 Å². The number of nitrogens with two attached hydrogens (primary N) is 1. The zero-order chi connectivity index (χ0) is 15.2. The topological polar surface area (TPSA) is 55.6 Å². The Morgan fingerprint density at radius 1 is 1.52 bits per heavy atom. The van der Waals surface area contributed by atoms with Crippen LogP contribution in [-0.4, -0.2) is 37.0 Å². The molecular weight excluding hydrogens is 295 g/mol. The molecule has 0 radical (unpaired) electrons. The molecule has 116 valence electrons. The van der Waals surface area contributed by atoms with Crippen LogP contribution in [0.5, 0.6) is 5.75 Å². The van der Waals surface area contributed by atoms with E-state index in [-0.39, 0.29) is 16.7 Å². The lowest BCUT2D eigenvalue weighted by Gasteiger charge is -2.32. The Kier molecular flexibility index (Phi) is 5.82.